The van der Waals surface area contributed by atoms with Gasteiger partial charge in [-0.25, -0.2) is 4.90 Å². The minimum atomic E-state index is -1.19. The van der Waals surface area contributed by atoms with Crippen LogP contribution in [0, 0.1) is 18.8 Å². The lowest BCUT2D eigenvalue weighted by Gasteiger charge is -2.36. The highest BCUT2D eigenvalue weighted by molar-refractivity contribution is 6.32. The lowest BCUT2D eigenvalue weighted by Crippen LogP contribution is -2.54. The zero-order valence-electron chi connectivity index (χ0n) is 17.7. The third-order valence-electron chi connectivity index (χ3n) is 7.69. The van der Waals surface area contributed by atoms with E-state index in [4.69, 9.17) is 16.3 Å². The number of hydrogen-bond donors (Lipinski definition) is 1. The van der Waals surface area contributed by atoms with Crippen LogP contribution in [0.2, 0.25) is 5.02 Å². The number of hydrogen-bond acceptors (Lipinski definition) is 5. The molecule has 0 bridgehead atoms. The summed E-state index contributed by atoms with van der Waals surface area (Å²) in [4.78, 5) is 44.6. The first-order chi connectivity index (χ1) is 15.4. The van der Waals surface area contributed by atoms with Gasteiger partial charge in [0.15, 0.2) is 0 Å². The molecule has 0 saturated carbocycles. The predicted octanol–water partition coefficient (Wildman–Crippen LogP) is 3.09. The quantitative estimate of drug-likeness (QED) is 0.710. The molecular formula is C24H22ClN3O4. The fourth-order valence-corrected chi connectivity index (χ4v) is 6.53. The molecule has 4 heterocycles. The van der Waals surface area contributed by atoms with Crippen molar-refractivity contribution in [1.82, 2.24) is 4.90 Å². The number of rotatable bonds is 2. The number of carbonyl (C=O) groups is 3. The summed E-state index contributed by atoms with van der Waals surface area (Å²) in [5.41, 5.74) is 1.50. The summed E-state index contributed by atoms with van der Waals surface area (Å²) >= 11 is 6.33. The fraction of sp³-hybridized carbons (Fsp3) is 0.375. The van der Waals surface area contributed by atoms with E-state index in [1.54, 1.807) is 37.4 Å². The molecule has 3 saturated heterocycles. The van der Waals surface area contributed by atoms with E-state index in [9.17, 15) is 14.4 Å². The highest BCUT2D eigenvalue weighted by Crippen LogP contribution is 2.61. The van der Waals surface area contributed by atoms with E-state index in [0.29, 0.717) is 28.7 Å². The number of benzene rings is 2. The molecule has 1 N–H and O–H groups in total. The third kappa shape index (κ3) is 2.18. The van der Waals surface area contributed by atoms with Crippen molar-refractivity contribution >= 4 is 40.7 Å². The van der Waals surface area contributed by atoms with Crippen LogP contribution >= 0.6 is 11.6 Å². The SMILES string of the molecule is COc1ccc(N2C(=O)[C@@H]3[C@H]4CCCN4[C@]4(C(=O)Nc5c4ccc(Cl)c5C)[C@@H]3C2=O)cc1. The maximum Gasteiger partial charge on any atom is 0.250 e. The smallest absolute Gasteiger partial charge is 0.250 e. The molecule has 1 spiro atoms. The summed E-state index contributed by atoms with van der Waals surface area (Å²) in [6, 6.07) is 10.3. The number of nitrogens with one attached hydrogen (secondary N) is 1. The summed E-state index contributed by atoms with van der Waals surface area (Å²) < 4.78 is 5.21. The molecule has 4 aliphatic heterocycles. The summed E-state index contributed by atoms with van der Waals surface area (Å²) in [5, 5.41) is 3.56. The highest BCUT2D eigenvalue weighted by Gasteiger charge is 2.74. The normalized spacial score (nSPS) is 30.7. The molecule has 4 atom stereocenters. The minimum Gasteiger partial charge on any atom is -0.497 e. The number of methoxy groups -OCH3 is 1. The van der Waals surface area contributed by atoms with Gasteiger partial charge in [-0.15, -0.1) is 0 Å². The Morgan fingerprint density at radius 1 is 1.09 bits per heavy atom. The van der Waals surface area contributed by atoms with Crippen LogP contribution in [0.1, 0.15) is 24.0 Å². The average molecular weight is 452 g/mol. The minimum absolute atomic E-state index is 0.146. The molecule has 164 valence electrons. The van der Waals surface area contributed by atoms with Gasteiger partial charge >= 0.3 is 0 Å². The standard InChI is InChI=1S/C24H22ClN3O4/c1-12-16(25)10-9-15-20(12)26-23(31)24(15)19-18(17-4-3-11-27(17)24)21(29)28(22(19)30)13-5-7-14(32-2)8-6-13/h5-10,17-19H,3-4,11H2,1-2H3,(H,26,31)/t17-,18-,19+,24+/m1/s1. The number of carbonyl (C=O) groups excluding carboxylic acids is 3. The van der Waals surface area contributed by atoms with E-state index in [0.717, 1.165) is 24.0 Å². The van der Waals surface area contributed by atoms with Crippen LogP contribution in [-0.4, -0.2) is 42.3 Å². The lowest BCUT2D eigenvalue weighted by atomic mass is 9.75. The van der Waals surface area contributed by atoms with Crippen LogP contribution in [0.5, 0.6) is 5.75 Å². The van der Waals surface area contributed by atoms with Gasteiger partial charge in [0.1, 0.15) is 11.3 Å². The van der Waals surface area contributed by atoms with Gasteiger partial charge in [-0.2, -0.15) is 0 Å². The molecule has 2 aromatic carbocycles. The Balaban J connectivity index is 1.53. The number of amides is 3. The van der Waals surface area contributed by atoms with Crippen molar-refractivity contribution in [2.45, 2.75) is 31.3 Å². The van der Waals surface area contributed by atoms with E-state index < -0.39 is 17.4 Å². The van der Waals surface area contributed by atoms with Gasteiger partial charge < -0.3 is 10.1 Å². The van der Waals surface area contributed by atoms with Crippen LogP contribution in [0.4, 0.5) is 11.4 Å². The van der Waals surface area contributed by atoms with E-state index in [1.165, 1.54) is 4.90 Å². The fourth-order valence-electron chi connectivity index (χ4n) is 6.38. The van der Waals surface area contributed by atoms with Crippen molar-refractivity contribution in [1.29, 1.82) is 0 Å². The topological polar surface area (TPSA) is 79.0 Å². The van der Waals surface area contributed by atoms with Crippen LogP contribution in [0.25, 0.3) is 0 Å². The Bertz CT molecular complexity index is 1200. The first-order valence-corrected chi connectivity index (χ1v) is 11.2. The largest absolute Gasteiger partial charge is 0.497 e. The molecule has 0 radical (unpaired) electrons. The molecule has 0 aromatic heterocycles. The van der Waals surface area contributed by atoms with Crippen molar-refractivity contribution < 1.29 is 19.1 Å². The molecular weight excluding hydrogens is 430 g/mol. The van der Waals surface area contributed by atoms with Crippen molar-refractivity contribution in [3.05, 3.63) is 52.5 Å². The van der Waals surface area contributed by atoms with Gasteiger partial charge in [0, 0.05) is 16.6 Å². The second kappa shape index (κ2) is 6.56. The predicted molar refractivity (Wildman–Crippen MR) is 119 cm³/mol. The molecule has 0 aliphatic carbocycles. The summed E-state index contributed by atoms with van der Waals surface area (Å²) in [7, 11) is 1.56. The summed E-state index contributed by atoms with van der Waals surface area (Å²) in [6.07, 6.45) is 1.67. The summed E-state index contributed by atoms with van der Waals surface area (Å²) in [5.74, 6) is -1.48. The van der Waals surface area contributed by atoms with Gasteiger partial charge in [-0.05, 0) is 62.2 Å². The molecule has 0 unspecified atom stereocenters. The van der Waals surface area contributed by atoms with Crippen molar-refractivity contribution in [3.8, 4) is 5.75 Å². The Morgan fingerprint density at radius 2 is 1.84 bits per heavy atom. The monoisotopic (exact) mass is 451 g/mol. The van der Waals surface area contributed by atoms with Gasteiger partial charge in [-0.1, -0.05) is 17.7 Å². The van der Waals surface area contributed by atoms with E-state index in [1.807, 2.05) is 13.0 Å². The average Bonchev–Trinajstić information content (AvgIpc) is 3.50. The molecule has 32 heavy (non-hydrogen) atoms. The number of imide groups is 1. The Morgan fingerprint density at radius 3 is 2.56 bits per heavy atom. The molecule has 3 fully saturated rings. The Labute approximate surface area is 190 Å². The summed E-state index contributed by atoms with van der Waals surface area (Å²) in [6.45, 7) is 2.54. The Hall–Kier alpha value is -2.90. The van der Waals surface area contributed by atoms with Gasteiger partial charge in [-0.3, -0.25) is 19.3 Å². The van der Waals surface area contributed by atoms with Crippen LogP contribution in [-0.2, 0) is 19.9 Å². The van der Waals surface area contributed by atoms with Gasteiger partial charge in [0.25, 0.3) is 0 Å². The van der Waals surface area contributed by atoms with Crippen LogP contribution < -0.4 is 15.0 Å². The third-order valence-corrected chi connectivity index (χ3v) is 8.10. The molecule has 8 heteroatoms. The van der Waals surface area contributed by atoms with Gasteiger partial charge in [0.2, 0.25) is 17.7 Å². The number of anilines is 2. The molecule has 7 nitrogen and oxygen atoms in total. The van der Waals surface area contributed by atoms with Crippen molar-refractivity contribution in [2.24, 2.45) is 11.8 Å². The molecule has 3 amide bonds. The molecule has 2 aromatic rings. The van der Waals surface area contributed by atoms with E-state index in [2.05, 4.69) is 10.2 Å². The van der Waals surface area contributed by atoms with E-state index >= 15 is 0 Å². The first kappa shape index (κ1) is 19.8. The maximum absolute atomic E-state index is 13.9. The number of halogens is 1. The zero-order valence-corrected chi connectivity index (χ0v) is 18.5. The maximum atomic E-state index is 13.9. The first-order valence-electron chi connectivity index (χ1n) is 10.8. The lowest BCUT2D eigenvalue weighted by molar-refractivity contribution is -0.135. The highest BCUT2D eigenvalue weighted by atomic mass is 35.5. The van der Waals surface area contributed by atoms with E-state index in [-0.39, 0.29) is 23.8 Å². The van der Waals surface area contributed by atoms with Crippen molar-refractivity contribution in [2.75, 3.05) is 23.9 Å². The Kier molecular flexibility index (Phi) is 4.05. The van der Waals surface area contributed by atoms with Crippen molar-refractivity contribution in [3.63, 3.8) is 0 Å². The zero-order chi connectivity index (χ0) is 22.4. The van der Waals surface area contributed by atoms with Gasteiger partial charge in [0.05, 0.1) is 30.3 Å². The molecule has 6 rings (SSSR count). The van der Waals surface area contributed by atoms with Crippen LogP contribution in [0.3, 0.4) is 0 Å². The van der Waals surface area contributed by atoms with Crippen LogP contribution in [0.15, 0.2) is 36.4 Å². The second-order valence-corrected chi connectivity index (χ2v) is 9.34. The molecule has 4 aliphatic rings. The number of fused-ring (bicyclic) bond motifs is 7. The number of ether oxygens (including phenoxy) is 1. The second-order valence-electron chi connectivity index (χ2n) is 8.93. The number of nitrogens with zero attached hydrogens (tertiary/aromatic N) is 2.